The molecule has 6 nitrogen and oxygen atoms in total. The molecule has 2 aromatic carbocycles. The van der Waals surface area contributed by atoms with Crippen molar-refractivity contribution < 1.29 is 9.59 Å². The maximum atomic E-state index is 12.7. The summed E-state index contributed by atoms with van der Waals surface area (Å²) in [6.07, 6.45) is 1.53. The highest BCUT2D eigenvalue weighted by Crippen LogP contribution is 2.18. The number of benzene rings is 2. The number of piperidine rings is 1. The third-order valence-corrected chi connectivity index (χ3v) is 5.39. The Kier molecular flexibility index (Phi) is 6.42. The van der Waals surface area contributed by atoms with Crippen LogP contribution in [0.15, 0.2) is 48.5 Å². The van der Waals surface area contributed by atoms with Crippen molar-refractivity contribution in [2.45, 2.75) is 18.9 Å². The summed E-state index contributed by atoms with van der Waals surface area (Å²) in [7, 11) is 7.90. The Hall–Kier alpha value is -3.02. The normalized spacial score (nSPS) is 14.4. The van der Waals surface area contributed by atoms with Crippen molar-refractivity contribution in [1.82, 2.24) is 10.2 Å². The lowest BCUT2D eigenvalue weighted by Gasteiger charge is -2.32. The Morgan fingerprint density at radius 1 is 0.793 bits per heavy atom. The van der Waals surface area contributed by atoms with E-state index in [4.69, 9.17) is 0 Å². The summed E-state index contributed by atoms with van der Waals surface area (Å²) >= 11 is 0. The molecule has 1 N–H and O–H groups in total. The standard InChI is InChI=1S/C23H30N4O2/c1-25(2)20-9-5-17(6-10-20)22(28)24-19-13-15-27(16-14-19)23(29)18-7-11-21(12-8-18)26(3)4/h5-12,19H,13-16H2,1-4H3,(H,24,28). The molecule has 1 saturated heterocycles. The van der Waals surface area contributed by atoms with E-state index in [0.29, 0.717) is 24.2 Å². The fourth-order valence-electron chi connectivity index (χ4n) is 3.49. The first-order valence-corrected chi connectivity index (χ1v) is 10.00. The quantitative estimate of drug-likeness (QED) is 0.847. The van der Waals surface area contributed by atoms with Crippen LogP contribution < -0.4 is 15.1 Å². The van der Waals surface area contributed by atoms with Crippen molar-refractivity contribution in [3.05, 3.63) is 59.7 Å². The van der Waals surface area contributed by atoms with Crippen molar-refractivity contribution in [2.75, 3.05) is 51.1 Å². The highest BCUT2D eigenvalue weighted by molar-refractivity contribution is 5.95. The van der Waals surface area contributed by atoms with Gasteiger partial charge in [-0.3, -0.25) is 9.59 Å². The van der Waals surface area contributed by atoms with Crippen LogP contribution in [0.25, 0.3) is 0 Å². The number of hydrogen-bond donors (Lipinski definition) is 1. The second kappa shape index (κ2) is 8.99. The molecule has 0 aromatic heterocycles. The van der Waals surface area contributed by atoms with E-state index in [1.165, 1.54) is 0 Å². The molecule has 29 heavy (non-hydrogen) atoms. The number of nitrogens with one attached hydrogen (secondary N) is 1. The molecule has 2 amide bonds. The molecule has 2 aromatic rings. The third kappa shape index (κ3) is 5.08. The number of hydrogen-bond acceptors (Lipinski definition) is 4. The minimum Gasteiger partial charge on any atom is -0.378 e. The Labute approximate surface area is 173 Å². The fraction of sp³-hybridized carbons (Fsp3) is 0.391. The van der Waals surface area contributed by atoms with E-state index < -0.39 is 0 Å². The highest BCUT2D eigenvalue weighted by Gasteiger charge is 2.25. The molecule has 0 bridgehead atoms. The van der Waals surface area contributed by atoms with Gasteiger partial charge in [0, 0.05) is 69.8 Å². The Bertz CT molecular complexity index is 836. The van der Waals surface area contributed by atoms with E-state index >= 15 is 0 Å². The van der Waals surface area contributed by atoms with Crippen LogP contribution >= 0.6 is 0 Å². The van der Waals surface area contributed by atoms with Crippen molar-refractivity contribution in [3.63, 3.8) is 0 Å². The highest BCUT2D eigenvalue weighted by atomic mass is 16.2. The zero-order chi connectivity index (χ0) is 21.0. The van der Waals surface area contributed by atoms with E-state index in [1.54, 1.807) is 0 Å². The maximum Gasteiger partial charge on any atom is 0.253 e. The monoisotopic (exact) mass is 394 g/mol. The van der Waals surface area contributed by atoms with Gasteiger partial charge < -0.3 is 20.0 Å². The van der Waals surface area contributed by atoms with Crippen LogP contribution in [0.2, 0.25) is 0 Å². The molecule has 0 unspecified atom stereocenters. The van der Waals surface area contributed by atoms with Crippen molar-refractivity contribution in [2.24, 2.45) is 0 Å². The van der Waals surface area contributed by atoms with Crippen LogP contribution in [0, 0.1) is 0 Å². The van der Waals surface area contributed by atoms with Gasteiger partial charge in [-0.05, 0) is 61.4 Å². The van der Waals surface area contributed by atoms with Gasteiger partial charge in [0.1, 0.15) is 0 Å². The van der Waals surface area contributed by atoms with Crippen LogP contribution in [-0.2, 0) is 0 Å². The lowest BCUT2D eigenvalue weighted by atomic mass is 10.0. The summed E-state index contributed by atoms with van der Waals surface area (Å²) in [6, 6.07) is 15.4. The Morgan fingerprint density at radius 3 is 1.69 bits per heavy atom. The average Bonchev–Trinajstić information content (AvgIpc) is 2.74. The van der Waals surface area contributed by atoms with Crippen LogP contribution in [-0.4, -0.2) is 64.0 Å². The molecule has 3 rings (SSSR count). The number of amides is 2. The zero-order valence-electron chi connectivity index (χ0n) is 17.7. The summed E-state index contributed by atoms with van der Waals surface area (Å²) in [5.41, 5.74) is 3.50. The number of carbonyl (C=O) groups excluding carboxylic acids is 2. The van der Waals surface area contributed by atoms with E-state index in [9.17, 15) is 9.59 Å². The summed E-state index contributed by atoms with van der Waals surface area (Å²) in [5.74, 6) is -0.00119. The minimum absolute atomic E-state index is 0.0550. The molecule has 154 valence electrons. The van der Waals surface area contributed by atoms with Crippen molar-refractivity contribution in [1.29, 1.82) is 0 Å². The lowest BCUT2D eigenvalue weighted by Crippen LogP contribution is -2.46. The molecule has 6 heteroatoms. The zero-order valence-corrected chi connectivity index (χ0v) is 17.7. The van der Waals surface area contributed by atoms with Crippen LogP contribution in [0.5, 0.6) is 0 Å². The number of anilines is 2. The molecule has 1 aliphatic rings. The largest absolute Gasteiger partial charge is 0.378 e. The van der Waals surface area contributed by atoms with E-state index in [2.05, 4.69) is 5.32 Å². The first-order chi connectivity index (χ1) is 13.8. The molecular formula is C23H30N4O2. The van der Waals surface area contributed by atoms with E-state index in [-0.39, 0.29) is 17.9 Å². The fourth-order valence-corrected chi connectivity index (χ4v) is 3.49. The third-order valence-electron chi connectivity index (χ3n) is 5.39. The summed E-state index contributed by atoms with van der Waals surface area (Å²) in [6.45, 7) is 1.30. The van der Waals surface area contributed by atoms with Gasteiger partial charge in [-0.15, -0.1) is 0 Å². The second-order valence-corrected chi connectivity index (χ2v) is 7.92. The van der Waals surface area contributed by atoms with Gasteiger partial charge in [-0.1, -0.05) is 0 Å². The average molecular weight is 395 g/mol. The molecule has 0 spiro atoms. The van der Waals surface area contributed by atoms with Crippen LogP contribution in [0.1, 0.15) is 33.6 Å². The van der Waals surface area contributed by atoms with Crippen LogP contribution in [0.4, 0.5) is 11.4 Å². The van der Waals surface area contributed by atoms with Gasteiger partial charge in [-0.2, -0.15) is 0 Å². The summed E-state index contributed by atoms with van der Waals surface area (Å²) < 4.78 is 0. The Morgan fingerprint density at radius 2 is 1.24 bits per heavy atom. The SMILES string of the molecule is CN(C)c1ccc(C(=O)NC2CCN(C(=O)c3ccc(N(C)C)cc3)CC2)cc1. The van der Waals surface area contributed by atoms with Gasteiger partial charge in [-0.25, -0.2) is 0 Å². The molecule has 0 saturated carbocycles. The smallest absolute Gasteiger partial charge is 0.253 e. The summed E-state index contributed by atoms with van der Waals surface area (Å²) in [5, 5.41) is 3.11. The number of nitrogens with zero attached hydrogens (tertiary/aromatic N) is 3. The van der Waals surface area contributed by atoms with Gasteiger partial charge in [0.15, 0.2) is 0 Å². The summed E-state index contributed by atoms with van der Waals surface area (Å²) in [4.78, 5) is 31.1. The van der Waals surface area contributed by atoms with E-state index in [1.807, 2.05) is 91.4 Å². The molecule has 0 atom stereocenters. The molecule has 1 aliphatic heterocycles. The Balaban J connectivity index is 1.52. The molecule has 1 heterocycles. The first-order valence-electron chi connectivity index (χ1n) is 10.00. The molecule has 1 fully saturated rings. The lowest BCUT2D eigenvalue weighted by molar-refractivity contribution is 0.0698. The maximum absolute atomic E-state index is 12.7. The minimum atomic E-state index is -0.0562. The topological polar surface area (TPSA) is 55.9 Å². The predicted molar refractivity (Wildman–Crippen MR) is 118 cm³/mol. The van der Waals surface area contributed by atoms with Gasteiger partial charge in [0.25, 0.3) is 11.8 Å². The second-order valence-electron chi connectivity index (χ2n) is 7.92. The number of likely N-dealkylation sites (tertiary alicyclic amines) is 1. The first kappa shape index (κ1) is 20.7. The van der Waals surface area contributed by atoms with Crippen LogP contribution in [0.3, 0.4) is 0 Å². The molecular weight excluding hydrogens is 364 g/mol. The number of rotatable bonds is 5. The van der Waals surface area contributed by atoms with Gasteiger partial charge in [0.2, 0.25) is 0 Å². The predicted octanol–water partition coefficient (Wildman–Crippen LogP) is 2.85. The van der Waals surface area contributed by atoms with E-state index in [0.717, 1.165) is 24.2 Å². The molecule has 0 aliphatic carbocycles. The van der Waals surface area contributed by atoms with Gasteiger partial charge in [0.05, 0.1) is 0 Å². The molecule has 0 radical (unpaired) electrons. The van der Waals surface area contributed by atoms with Crippen molar-refractivity contribution in [3.8, 4) is 0 Å². The van der Waals surface area contributed by atoms with Gasteiger partial charge >= 0.3 is 0 Å². The van der Waals surface area contributed by atoms with Crippen molar-refractivity contribution >= 4 is 23.2 Å². The number of carbonyl (C=O) groups is 2.